The lowest BCUT2D eigenvalue weighted by Gasteiger charge is -2.30. The molecule has 1 heterocycles. The highest BCUT2D eigenvalue weighted by atomic mass is 16.5. The molecule has 0 saturated carbocycles. The average Bonchev–Trinajstić information content (AvgIpc) is 2.32. The monoisotopic (exact) mass is 275 g/mol. The number of amides is 2. The van der Waals surface area contributed by atoms with E-state index < -0.39 is 24.1 Å². The van der Waals surface area contributed by atoms with Crippen molar-refractivity contribution in [2.45, 2.75) is 25.2 Å². The van der Waals surface area contributed by atoms with Crippen LogP contribution in [-0.2, 0) is 9.53 Å². The molecule has 1 fully saturated rings. The van der Waals surface area contributed by atoms with Gasteiger partial charge in [-0.05, 0) is 14.0 Å². The summed E-state index contributed by atoms with van der Waals surface area (Å²) in [4.78, 5) is 24.4. The Morgan fingerprint density at radius 3 is 2.74 bits per heavy atom. The second-order valence-electron chi connectivity index (χ2n) is 4.67. The molecule has 0 radical (unpaired) electrons. The van der Waals surface area contributed by atoms with Crippen LogP contribution in [0.3, 0.4) is 0 Å². The van der Waals surface area contributed by atoms with Crippen LogP contribution < -0.4 is 10.6 Å². The first-order valence-electron chi connectivity index (χ1n) is 6.15. The molecule has 0 bridgehead atoms. The van der Waals surface area contributed by atoms with E-state index in [4.69, 9.17) is 9.84 Å². The summed E-state index contributed by atoms with van der Waals surface area (Å²) in [6.07, 6.45) is -1.28. The summed E-state index contributed by atoms with van der Waals surface area (Å²) < 4.78 is 5.45. The van der Waals surface area contributed by atoms with Gasteiger partial charge in [-0.25, -0.2) is 9.59 Å². The van der Waals surface area contributed by atoms with Crippen molar-refractivity contribution < 1.29 is 24.5 Å². The third-order valence-electron chi connectivity index (χ3n) is 2.87. The number of aliphatic carboxylic acids is 1. The molecule has 1 unspecified atom stereocenters. The van der Waals surface area contributed by atoms with Gasteiger partial charge in [-0.2, -0.15) is 0 Å². The molecule has 0 spiro atoms. The lowest BCUT2D eigenvalue weighted by atomic mass is 10.2. The SMILES string of the molecule is C[C@@H](O)[C@H](NC(=O)NCC1CN(C)CCO1)C(=O)O. The number of rotatable bonds is 5. The minimum absolute atomic E-state index is 0.112. The Labute approximate surface area is 111 Å². The standard InChI is InChI=1S/C11H21N3O5/c1-7(15)9(10(16)17)13-11(18)12-5-8-6-14(2)3-4-19-8/h7-9,15H,3-6H2,1-2H3,(H,16,17)(H2,12,13,18)/t7-,8?,9+/m1/s1. The highest BCUT2D eigenvalue weighted by Crippen LogP contribution is 2.01. The van der Waals surface area contributed by atoms with Crippen molar-refractivity contribution in [1.82, 2.24) is 15.5 Å². The number of aliphatic hydroxyl groups excluding tert-OH is 1. The second-order valence-corrected chi connectivity index (χ2v) is 4.67. The van der Waals surface area contributed by atoms with Crippen molar-refractivity contribution in [3.8, 4) is 0 Å². The van der Waals surface area contributed by atoms with Gasteiger partial charge in [0.2, 0.25) is 0 Å². The Bertz CT molecular complexity index is 323. The number of urea groups is 1. The fraction of sp³-hybridized carbons (Fsp3) is 0.818. The Kier molecular flexibility index (Phi) is 6.00. The van der Waals surface area contributed by atoms with Crippen LogP contribution in [0.15, 0.2) is 0 Å². The number of morpholine rings is 1. The van der Waals surface area contributed by atoms with Crippen molar-refractivity contribution in [1.29, 1.82) is 0 Å². The summed E-state index contributed by atoms with van der Waals surface area (Å²) in [7, 11) is 1.96. The van der Waals surface area contributed by atoms with Crippen molar-refractivity contribution in [3.05, 3.63) is 0 Å². The molecular formula is C11H21N3O5. The van der Waals surface area contributed by atoms with E-state index in [1.54, 1.807) is 0 Å². The molecule has 3 atom stereocenters. The van der Waals surface area contributed by atoms with Crippen LogP contribution in [0.1, 0.15) is 6.92 Å². The third-order valence-corrected chi connectivity index (χ3v) is 2.87. The van der Waals surface area contributed by atoms with E-state index in [0.717, 1.165) is 6.54 Å². The number of likely N-dealkylation sites (N-methyl/N-ethyl adjacent to an activating group) is 1. The molecule has 0 aliphatic carbocycles. The molecule has 1 saturated heterocycles. The molecule has 1 rings (SSSR count). The first-order chi connectivity index (χ1) is 8.90. The molecule has 0 aromatic heterocycles. The van der Waals surface area contributed by atoms with E-state index >= 15 is 0 Å². The Hall–Kier alpha value is -1.38. The van der Waals surface area contributed by atoms with Gasteiger partial charge in [0.1, 0.15) is 0 Å². The van der Waals surface area contributed by atoms with Gasteiger partial charge in [0.25, 0.3) is 0 Å². The van der Waals surface area contributed by atoms with E-state index in [1.165, 1.54) is 6.92 Å². The van der Waals surface area contributed by atoms with Gasteiger partial charge in [0, 0.05) is 19.6 Å². The number of carboxylic acid groups (broad SMARTS) is 1. The van der Waals surface area contributed by atoms with Crippen LogP contribution in [0.5, 0.6) is 0 Å². The summed E-state index contributed by atoms with van der Waals surface area (Å²) in [6.45, 7) is 3.77. The highest BCUT2D eigenvalue weighted by Gasteiger charge is 2.25. The molecule has 2 amide bonds. The summed E-state index contributed by atoms with van der Waals surface area (Å²) in [5.41, 5.74) is 0. The smallest absolute Gasteiger partial charge is 0.328 e. The molecule has 8 nitrogen and oxygen atoms in total. The van der Waals surface area contributed by atoms with Crippen LogP contribution in [-0.4, -0.2) is 78.7 Å². The molecule has 0 aromatic rings. The van der Waals surface area contributed by atoms with Gasteiger partial charge in [-0.3, -0.25) is 0 Å². The van der Waals surface area contributed by atoms with Gasteiger partial charge in [0.05, 0.1) is 18.8 Å². The number of carbonyl (C=O) groups is 2. The number of nitrogens with zero attached hydrogens (tertiary/aromatic N) is 1. The number of nitrogens with one attached hydrogen (secondary N) is 2. The molecule has 4 N–H and O–H groups in total. The molecule has 110 valence electrons. The van der Waals surface area contributed by atoms with Crippen molar-refractivity contribution >= 4 is 12.0 Å². The molecule has 8 heteroatoms. The number of hydrogen-bond acceptors (Lipinski definition) is 5. The minimum Gasteiger partial charge on any atom is -0.480 e. The zero-order chi connectivity index (χ0) is 14.4. The number of carbonyl (C=O) groups excluding carboxylic acids is 1. The summed E-state index contributed by atoms with van der Waals surface area (Å²) >= 11 is 0. The highest BCUT2D eigenvalue weighted by molar-refractivity contribution is 5.82. The maximum absolute atomic E-state index is 11.5. The average molecular weight is 275 g/mol. The van der Waals surface area contributed by atoms with Gasteiger partial charge in [0.15, 0.2) is 6.04 Å². The van der Waals surface area contributed by atoms with E-state index in [-0.39, 0.29) is 6.10 Å². The van der Waals surface area contributed by atoms with Crippen LogP contribution in [0, 0.1) is 0 Å². The maximum Gasteiger partial charge on any atom is 0.328 e. The first kappa shape index (κ1) is 15.7. The van der Waals surface area contributed by atoms with Crippen LogP contribution >= 0.6 is 0 Å². The minimum atomic E-state index is -1.32. The first-order valence-corrected chi connectivity index (χ1v) is 6.15. The number of ether oxygens (including phenoxy) is 1. The maximum atomic E-state index is 11.5. The molecule has 19 heavy (non-hydrogen) atoms. The number of hydrogen-bond donors (Lipinski definition) is 4. The zero-order valence-corrected chi connectivity index (χ0v) is 11.1. The Balaban J connectivity index is 2.32. The molecular weight excluding hydrogens is 254 g/mol. The summed E-state index contributed by atoms with van der Waals surface area (Å²) in [5.74, 6) is -1.28. The molecule has 0 aromatic carbocycles. The van der Waals surface area contributed by atoms with Crippen molar-refractivity contribution in [2.75, 3.05) is 33.3 Å². The Morgan fingerprint density at radius 2 is 2.21 bits per heavy atom. The van der Waals surface area contributed by atoms with Gasteiger partial charge in [-0.15, -0.1) is 0 Å². The number of aliphatic hydroxyl groups is 1. The lowest BCUT2D eigenvalue weighted by molar-refractivity contribution is -0.141. The van der Waals surface area contributed by atoms with E-state index in [1.807, 2.05) is 7.05 Å². The predicted octanol–water partition coefficient (Wildman–Crippen LogP) is -1.55. The zero-order valence-electron chi connectivity index (χ0n) is 11.1. The fourth-order valence-corrected chi connectivity index (χ4v) is 1.78. The van der Waals surface area contributed by atoms with Gasteiger partial charge < -0.3 is 30.5 Å². The Morgan fingerprint density at radius 1 is 1.53 bits per heavy atom. The molecule has 1 aliphatic heterocycles. The third kappa shape index (κ3) is 5.41. The van der Waals surface area contributed by atoms with E-state index in [2.05, 4.69) is 15.5 Å². The predicted molar refractivity (Wildman–Crippen MR) is 66.9 cm³/mol. The quantitative estimate of drug-likeness (QED) is 0.483. The van der Waals surface area contributed by atoms with E-state index in [0.29, 0.717) is 19.7 Å². The van der Waals surface area contributed by atoms with E-state index in [9.17, 15) is 14.7 Å². The van der Waals surface area contributed by atoms with Gasteiger partial charge in [-0.1, -0.05) is 0 Å². The molecule has 1 aliphatic rings. The topological polar surface area (TPSA) is 111 Å². The van der Waals surface area contributed by atoms with Crippen LogP contribution in [0.4, 0.5) is 4.79 Å². The lowest BCUT2D eigenvalue weighted by Crippen LogP contribution is -2.53. The summed E-state index contributed by atoms with van der Waals surface area (Å²) in [5, 5.41) is 22.8. The van der Waals surface area contributed by atoms with Crippen LogP contribution in [0.2, 0.25) is 0 Å². The number of carboxylic acids is 1. The van der Waals surface area contributed by atoms with Crippen LogP contribution in [0.25, 0.3) is 0 Å². The normalized spacial score (nSPS) is 23.4. The second kappa shape index (κ2) is 7.27. The van der Waals surface area contributed by atoms with Crippen molar-refractivity contribution in [2.24, 2.45) is 0 Å². The summed E-state index contributed by atoms with van der Waals surface area (Å²) in [6, 6.07) is -1.96. The largest absolute Gasteiger partial charge is 0.480 e. The fourth-order valence-electron chi connectivity index (χ4n) is 1.78. The van der Waals surface area contributed by atoms with Gasteiger partial charge >= 0.3 is 12.0 Å². The van der Waals surface area contributed by atoms with Crippen molar-refractivity contribution in [3.63, 3.8) is 0 Å².